The van der Waals surface area contributed by atoms with Crippen LogP contribution in [0.4, 0.5) is 17.6 Å². The lowest BCUT2D eigenvalue weighted by atomic mass is 10.1. The number of methoxy groups -OCH3 is 1. The van der Waals surface area contributed by atoms with Gasteiger partial charge in [-0.05, 0) is 66.0 Å². The van der Waals surface area contributed by atoms with Crippen LogP contribution in [-0.2, 0) is 0 Å². The Kier molecular flexibility index (Phi) is 5.83. The van der Waals surface area contributed by atoms with Crippen molar-refractivity contribution in [1.82, 2.24) is 0 Å². The van der Waals surface area contributed by atoms with Gasteiger partial charge in [-0.2, -0.15) is 0 Å². The Labute approximate surface area is 182 Å². The zero-order valence-corrected chi connectivity index (χ0v) is 16.8. The van der Waals surface area contributed by atoms with E-state index in [0.717, 1.165) is 17.4 Å². The third kappa shape index (κ3) is 4.43. The van der Waals surface area contributed by atoms with E-state index in [0.29, 0.717) is 11.1 Å². The first-order valence-electron chi connectivity index (χ1n) is 9.49. The topological polar surface area (TPSA) is 9.23 Å². The first-order chi connectivity index (χ1) is 15.4. The fourth-order valence-corrected chi connectivity index (χ4v) is 3.04. The molecule has 0 aliphatic heterocycles. The summed E-state index contributed by atoms with van der Waals surface area (Å²) in [6.45, 7) is 0. The predicted octanol–water partition coefficient (Wildman–Crippen LogP) is 6.20. The molecule has 32 heavy (non-hydrogen) atoms. The van der Waals surface area contributed by atoms with Crippen LogP contribution in [0.5, 0.6) is 5.75 Å². The standard InChI is InChI=1S/C27H14F4O/c1-32-22-11-6-17(7-12-22)2-3-19-5-10-20(24(28)15-19)9-4-18-8-13-23-21(14-18)16-25(29)27(31)26(23)30/h5-8,10-16H,1H3. The molecule has 4 aromatic rings. The smallest absolute Gasteiger partial charge is 0.195 e. The van der Waals surface area contributed by atoms with Crippen molar-refractivity contribution in [2.24, 2.45) is 0 Å². The van der Waals surface area contributed by atoms with Crippen LogP contribution in [0.3, 0.4) is 0 Å². The molecule has 156 valence electrons. The zero-order valence-electron chi connectivity index (χ0n) is 16.8. The molecule has 4 rings (SSSR count). The molecule has 0 aliphatic carbocycles. The second-order valence-electron chi connectivity index (χ2n) is 6.85. The minimum Gasteiger partial charge on any atom is -0.497 e. The van der Waals surface area contributed by atoms with Crippen LogP contribution in [0, 0.1) is 47.0 Å². The summed E-state index contributed by atoms with van der Waals surface area (Å²) in [5, 5.41) is 0.109. The summed E-state index contributed by atoms with van der Waals surface area (Å²) in [5.74, 6) is 7.43. The molecule has 0 saturated heterocycles. The summed E-state index contributed by atoms with van der Waals surface area (Å²) in [7, 11) is 1.58. The molecule has 4 aromatic carbocycles. The highest BCUT2D eigenvalue weighted by molar-refractivity contribution is 5.84. The van der Waals surface area contributed by atoms with E-state index in [2.05, 4.69) is 23.7 Å². The van der Waals surface area contributed by atoms with E-state index in [4.69, 9.17) is 4.74 Å². The van der Waals surface area contributed by atoms with E-state index in [1.807, 2.05) is 0 Å². The molecule has 0 aromatic heterocycles. The number of hydrogen-bond donors (Lipinski definition) is 0. The Hall–Kier alpha value is -4.22. The van der Waals surface area contributed by atoms with Crippen LogP contribution in [0.1, 0.15) is 22.3 Å². The molecular weight excluding hydrogens is 416 g/mol. The largest absolute Gasteiger partial charge is 0.497 e. The molecule has 0 aliphatic rings. The minimum atomic E-state index is -1.52. The van der Waals surface area contributed by atoms with Crippen LogP contribution in [0.2, 0.25) is 0 Å². The van der Waals surface area contributed by atoms with Crippen LogP contribution in [0.25, 0.3) is 10.8 Å². The summed E-state index contributed by atoms with van der Waals surface area (Å²) in [4.78, 5) is 0. The summed E-state index contributed by atoms with van der Waals surface area (Å²) in [6, 6.07) is 16.7. The van der Waals surface area contributed by atoms with Crippen molar-refractivity contribution in [3.63, 3.8) is 0 Å². The van der Waals surface area contributed by atoms with Gasteiger partial charge in [0.25, 0.3) is 0 Å². The lowest BCUT2D eigenvalue weighted by Crippen LogP contribution is -1.92. The van der Waals surface area contributed by atoms with Gasteiger partial charge in [0, 0.05) is 22.1 Å². The SMILES string of the molecule is COc1ccc(C#Cc2ccc(C#Cc3ccc4c(F)c(F)c(F)cc4c3)c(F)c2)cc1. The highest BCUT2D eigenvalue weighted by atomic mass is 19.2. The molecule has 0 saturated carbocycles. The average Bonchev–Trinajstić information content (AvgIpc) is 2.81. The average molecular weight is 430 g/mol. The van der Waals surface area contributed by atoms with Gasteiger partial charge in [-0.15, -0.1) is 0 Å². The third-order valence-electron chi connectivity index (χ3n) is 4.72. The molecule has 0 amide bonds. The fourth-order valence-electron chi connectivity index (χ4n) is 3.04. The minimum absolute atomic E-state index is 0.0552. The highest BCUT2D eigenvalue weighted by Gasteiger charge is 2.13. The zero-order chi connectivity index (χ0) is 22.7. The molecule has 0 bridgehead atoms. The van der Waals surface area contributed by atoms with E-state index in [1.165, 1.54) is 30.3 Å². The van der Waals surface area contributed by atoms with Crippen molar-refractivity contribution in [1.29, 1.82) is 0 Å². The predicted molar refractivity (Wildman–Crippen MR) is 115 cm³/mol. The van der Waals surface area contributed by atoms with E-state index >= 15 is 0 Å². The number of fused-ring (bicyclic) bond motifs is 1. The van der Waals surface area contributed by atoms with Gasteiger partial charge in [-0.3, -0.25) is 0 Å². The van der Waals surface area contributed by atoms with Crippen LogP contribution >= 0.6 is 0 Å². The van der Waals surface area contributed by atoms with Gasteiger partial charge in [0.1, 0.15) is 11.6 Å². The molecule has 0 radical (unpaired) electrons. The third-order valence-corrected chi connectivity index (χ3v) is 4.72. The molecular formula is C27H14F4O. The van der Waals surface area contributed by atoms with Gasteiger partial charge < -0.3 is 4.74 Å². The molecule has 0 unspecified atom stereocenters. The number of rotatable bonds is 1. The molecule has 1 nitrogen and oxygen atoms in total. The van der Waals surface area contributed by atoms with Crippen molar-refractivity contribution in [3.8, 4) is 29.4 Å². The quantitative estimate of drug-likeness (QED) is 0.198. The van der Waals surface area contributed by atoms with E-state index < -0.39 is 23.3 Å². The summed E-state index contributed by atoms with van der Waals surface area (Å²) in [5.41, 5.74) is 1.81. The normalized spacial score (nSPS) is 10.2. The van der Waals surface area contributed by atoms with Crippen molar-refractivity contribution in [2.45, 2.75) is 0 Å². The van der Waals surface area contributed by atoms with Gasteiger partial charge in [0.15, 0.2) is 17.5 Å². The van der Waals surface area contributed by atoms with Gasteiger partial charge >= 0.3 is 0 Å². The molecule has 0 spiro atoms. The Bertz CT molecular complexity index is 1450. The molecule has 0 fully saturated rings. The number of halogens is 4. The van der Waals surface area contributed by atoms with Crippen molar-refractivity contribution < 1.29 is 22.3 Å². The Balaban J connectivity index is 1.57. The summed E-state index contributed by atoms with van der Waals surface area (Å²) in [6.07, 6.45) is 0. The van der Waals surface area contributed by atoms with Gasteiger partial charge in [0.05, 0.1) is 12.7 Å². The number of ether oxygens (including phenoxy) is 1. The second-order valence-corrected chi connectivity index (χ2v) is 6.85. The number of hydrogen-bond acceptors (Lipinski definition) is 1. The lowest BCUT2D eigenvalue weighted by Gasteiger charge is -2.02. The summed E-state index contributed by atoms with van der Waals surface area (Å²) < 4.78 is 60.2. The maximum absolute atomic E-state index is 14.5. The molecule has 0 heterocycles. The summed E-state index contributed by atoms with van der Waals surface area (Å²) >= 11 is 0. The fraction of sp³-hybridized carbons (Fsp3) is 0.0370. The second kappa shape index (κ2) is 8.88. The maximum Gasteiger partial charge on any atom is 0.195 e. The van der Waals surface area contributed by atoms with E-state index in [1.54, 1.807) is 37.4 Å². The first kappa shape index (κ1) is 21.0. The van der Waals surface area contributed by atoms with E-state index in [-0.39, 0.29) is 16.3 Å². The van der Waals surface area contributed by atoms with E-state index in [9.17, 15) is 17.6 Å². The lowest BCUT2D eigenvalue weighted by molar-refractivity contribution is 0.415. The monoisotopic (exact) mass is 430 g/mol. The van der Waals surface area contributed by atoms with Crippen LogP contribution < -0.4 is 4.74 Å². The molecule has 0 N–H and O–H groups in total. The van der Waals surface area contributed by atoms with Crippen LogP contribution in [-0.4, -0.2) is 7.11 Å². The maximum atomic E-state index is 14.5. The van der Waals surface area contributed by atoms with Crippen LogP contribution in [0.15, 0.2) is 66.7 Å². The first-order valence-corrected chi connectivity index (χ1v) is 9.49. The Morgan fingerprint density at radius 3 is 1.94 bits per heavy atom. The van der Waals surface area contributed by atoms with Gasteiger partial charge in [0.2, 0.25) is 0 Å². The Morgan fingerprint density at radius 1 is 0.594 bits per heavy atom. The van der Waals surface area contributed by atoms with Crippen molar-refractivity contribution >= 4 is 10.8 Å². The molecule has 5 heteroatoms. The highest BCUT2D eigenvalue weighted by Crippen LogP contribution is 2.24. The van der Waals surface area contributed by atoms with Gasteiger partial charge in [-0.25, -0.2) is 17.6 Å². The van der Waals surface area contributed by atoms with Gasteiger partial charge in [-0.1, -0.05) is 29.7 Å². The Morgan fingerprint density at radius 2 is 1.22 bits per heavy atom. The van der Waals surface area contributed by atoms with Crippen molar-refractivity contribution in [2.75, 3.05) is 7.11 Å². The number of benzene rings is 4. The molecule has 0 atom stereocenters. The van der Waals surface area contributed by atoms with Crippen molar-refractivity contribution in [3.05, 3.63) is 112 Å².